The van der Waals surface area contributed by atoms with Crippen LogP contribution in [0, 0.1) is 0 Å². The van der Waals surface area contributed by atoms with Gasteiger partial charge in [-0.2, -0.15) is 0 Å². The number of benzene rings is 3. The summed E-state index contributed by atoms with van der Waals surface area (Å²) in [6.07, 6.45) is 0.623. The first-order valence-corrected chi connectivity index (χ1v) is 14.9. The molecule has 1 N–H and O–H groups in total. The number of hydrogen-bond donors (Lipinski definition) is 1. The number of hydrogen-bond acceptors (Lipinski definition) is 5. The minimum Gasteiger partial charge on any atom is -0.491 e. The average molecular weight is 653 g/mol. The van der Waals surface area contributed by atoms with Gasteiger partial charge in [-0.05, 0) is 89.8 Å². The maximum Gasteiger partial charge on any atom is 0.333 e. The molecule has 0 saturated heterocycles. The normalized spacial score (nSPS) is 12.9. The zero-order chi connectivity index (χ0) is 30.0. The topological polar surface area (TPSA) is 93.8 Å². The number of aliphatic hydroxyl groups is 1. The van der Waals surface area contributed by atoms with E-state index < -0.39 is 0 Å². The van der Waals surface area contributed by atoms with Crippen molar-refractivity contribution < 1.29 is 19.4 Å². The third-order valence-corrected chi connectivity index (χ3v) is 8.44. The van der Waals surface area contributed by atoms with Gasteiger partial charge in [-0.25, -0.2) is 4.79 Å². The number of ether oxygens (including phenoxy) is 1. The Morgan fingerprint density at radius 3 is 2.33 bits per heavy atom. The first kappa shape index (κ1) is 29.8. The molecule has 1 aromatic heterocycles. The molecule has 0 bridgehead atoms. The minimum atomic E-state index is -0.322. The van der Waals surface area contributed by atoms with Crippen LogP contribution < -0.4 is 10.4 Å². The molecule has 1 aliphatic heterocycles. The van der Waals surface area contributed by atoms with E-state index in [1.165, 1.54) is 4.57 Å². The Morgan fingerprint density at radius 1 is 1.00 bits per heavy atom. The van der Waals surface area contributed by atoms with Gasteiger partial charge in [0.2, 0.25) is 0 Å². The lowest BCUT2D eigenvalue weighted by Gasteiger charge is -2.28. The molecule has 3 aromatic carbocycles. The van der Waals surface area contributed by atoms with Crippen LogP contribution in [0.15, 0.2) is 76.0 Å². The van der Waals surface area contributed by atoms with Gasteiger partial charge in [0.25, 0.3) is 5.91 Å². The second kappa shape index (κ2) is 12.7. The summed E-state index contributed by atoms with van der Waals surface area (Å²) in [6, 6.07) is 19.5. The van der Waals surface area contributed by atoms with Crippen molar-refractivity contribution in [2.24, 2.45) is 0 Å². The van der Waals surface area contributed by atoms with Gasteiger partial charge in [-0.15, -0.1) is 0 Å². The van der Waals surface area contributed by atoms with Crippen molar-refractivity contribution in [2.75, 3.05) is 6.54 Å². The number of aliphatic hydroxyl groups excluding tert-OH is 1. The van der Waals surface area contributed by atoms with Crippen molar-refractivity contribution in [1.82, 2.24) is 14.0 Å². The highest BCUT2D eigenvalue weighted by Crippen LogP contribution is 2.27. The van der Waals surface area contributed by atoms with E-state index >= 15 is 0 Å². The molecule has 1 aliphatic rings. The number of rotatable bonds is 9. The molecular weight excluding hydrogens is 622 g/mol. The number of fused-ring (bicyclic) bond motifs is 1. The summed E-state index contributed by atoms with van der Waals surface area (Å²) in [4.78, 5) is 42.8. The molecule has 0 fully saturated rings. The smallest absolute Gasteiger partial charge is 0.333 e. The van der Waals surface area contributed by atoms with Crippen LogP contribution >= 0.6 is 27.5 Å². The number of amides is 1. The number of imidazole rings is 1. The van der Waals surface area contributed by atoms with Crippen molar-refractivity contribution in [3.05, 3.63) is 115 Å². The molecule has 10 heteroatoms. The van der Waals surface area contributed by atoms with E-state index in [-0.39, 0.29) is 55.3 Å². The summed E-state index contributed by atoms with van der Waals surface area (Å²) >= 11 is 9.60. The van der Waals surface area contributed by atoms with E-state index in [2.05, 4.69) is 15.9 Å². The lowest BCUT2D eigenvalue weighted by atomic mass is 10.0. The van der Waals surface area contributed by atoms with E-state index in [0.29, 0.717) is 45.2 Å². The highest BCUT2D eigenvalue weighted by molar-refractivity contribution is 9.10. The molecule has 4 aromatic rings. The molecule has 218 valence electrons. The quantitative estimate of drug-likeness (QED) is 0.231. The van der Waals surface area contributed by atoms with Crippen LogP contribution in [0.3, 0.4) is 0 Å². The van der Waals surface area contributed by atoms with Crippen molar-refractivity contribution in [2.45, 2.75) is 52.5 Å². The monoisotopic (exact) mass is 651 g/mol. The van der Waals surface area contributed by atoms with Crippen LogP contribution in [0.1, 0.15) is 57.9 Å². The van der Waals surface area contributed by atoms with E-state index in [4.69, 9.17) is 16.3 Å². The third kappa shape index (κ3) is 6.23. The molecule has 0 unspecified atom stereocenters. The van der Waals surface area contributed by atoms with E-state index in [0.717, 1.165) is 11.1 Å². The highest BCUT2D eigenvalue weighted by atomic mass is 79.9. The number of ketones is 1. The predicted molar refractivity (Wildman–Crippen MR) is 165 cm³/mol. The molecule has 0 spiro atoms. The number of halogens is 2. The summed E-state index contributed by atoms with van der Waals surface area (Å²) in [6.45, 7) is 4.50. The molecule has 0 aliphatic carbocycles. The molecular formula is C32H31BrClN3O5. The Bertz CT molecular complexity index is 1680. The lowest BCUT2D eigenvalue weighted by Crippen LogP contribution is -2.41. The number of Topliss-reactive ketones (excluding diaryl/α,β-unsaturated/α-hetero) is 1. The largest absolute Gasteiger partial charge is 0.491 e. The van der Waals surface area contributed by atoms with Crippen LogP contribution in [0.5, 0.6) is 5.75 Å². The molecule has 0 atom stereocenters. The van der Waals surface area contributed by atoms with Gasteiger partial charge < -0.3 is 14.7 Å². The SMILES string of the molecule is CC(C)Oc1ccc(-n2c(C(=O)CCc3ccc(CO)cc3)c3n(c2=O)CCN(C(=O)c2ccc(Br)c(Cl)c2)C3)cc1. The standard InChI is InChI=1S/C32H31BrClN3O5/c1-20(2)42-25-11-9-24(10-12-25)37-30(29(39)14-7-21-3-5-22(19-38)6-4-21)28-18-35(15-16-36(28)32(37)41)31(40)23-8-13-26(33)27(34)17-23/h3-6,8-13,17,20,38H,7,14-16,18-19H2,1-2H3. The molecule has 0 saturated carbocycles. The van der Waals surface area contributed by atoms with Crippen molar-refractivity contribution in [3.8, 4) is 11.4 Å². The van der Waals surface area contributed by atoms with E-state index in [1.807, 2.05) is 38.1 Å². The fraction of sp³-hybridized carbons (Fsp3) is 0.281. The second-order valence-corrected chi connectivity index (χ2v) is 11.7. The number of aryl methyl sites for hydroxylation is 1. The van der Waals surface area contributed by atoms with Crippen molar-refractivity contribution in [3.63, 3.8) is 0 Å². The molecule has 2 heterocycles. The zero-order valence-electron chi connectivity index (χ0n) is 23.3. The Balaban J connectivity index is 1.51. The second-order valence-electron chi connectivity index (χ2n) is 10.5. The van der Waals surface area contributed by atoms with Crippen LogP contribution in [0.25, 0.3) is 5.69 Å². The minimum absolute atomic E-state index is 0.00641. The van der Waals surface area contributed by atoms with Gasteiger partial charge in [-0.3, -0.25) is 18.7 Å². The summed E-state index contributed by atoms with van der Waals surface area (Å²) in [5.74, 6) is 0.235. The zero-order valence-corrected chi connectivity index (χ0v) is 25.7. The van der Waals surface area contributed by atoms with Crippen molar-refractivity contribution >= 4 is 39.2 Å². The highest BCUT2D eigenvalue weighted by Gasteiger charge is 2.32. The number of carbonyl (C=O) groups excluding carboxylic acids is 2. The van der Waals surface area contributed by atoms with Gasteiger partial charge in [0.15, 0.2) is 5.78 Å². The molecule has 42 heavy (non-hydrogen) atoms. The van der Waals surface area contributed by atoms with E-state index in [1.54, 1.807) is 51.9 Å². The number of carbonyl (C=O) groups is 2. The maximum absolute atomic E-state index is 13.9. The number of aromatic nitrogens is 2. The van der Waals surface area contributed by atoms with Crippen LogP contribution in [0.2, 0.25) is 5.02 Å². The summed E-state index contributed by atoms with van der Waals surface area (Å²) in [7, 11) is 0. The van der Waals surface area contributed by atoms with Crippen molar-refractivity contribution in [1.29, 1.82) is 0 Å². The molecule has 0 radical (unpaired) electrons. The summed E-state index contributed by atoms with van der Waals surface area (Å²) < 4.78 is 9.51. The van der Waals surface area contributed by atoms with Crippen LogP contribution in [0.4, 0.5) is 0 Å². The average Bonchev–Trinajstić information content (AvgIpc) is 3.28. The number of nitrogens with zero attached hydrogens (tertiary/aromatic N) is 3. The predicted octanol–water partition coefficient (Wildman–Crippen LogP) is 5.81. The maximum atomic E-state index is 13.9. The molecule has 8 nitrogen and oxygen atoms in total. The van der Waals surface area contributed by atoms with Gasteiger partial charge in [0.05, 0.1) is 35.7 Å². The molecule has 1 amide bonds. The first-order chi connectivity index (χ1) is 20.2. The fourth-order valence-electron chi connectivity index (χ4n) is 5.10. The Morgan fingerprint density at radius 2 is 1.69 bits per heavy atom. The van der Waals surface area contributed by atoms with Gasteiger partial charge >= 0.3 is 5.69 Å². The first-order valence-electron chi connectivity index (χ1n) is 13.7. The Kier molecular flexibility index (Phi) is 9.01. The van der Waals surface area contributed by atoms with Gasteiger partial charge in [0.1, 0.15) is 11.4 Å². The summed E-state index contributed by atoms with van der Waals surface area (Å²) in [5, 5.41) is 9.76. The summed E-state index contributed by atoms with van der Waals surface area (Å²) in [5.41, 5.74) is 3.17. The van der Waals surface area contributed by atoms with Crippen LogP contribution in [-0.2, 0) is 26.1 Å². The molecule has 5 rings (SSSR count). The Hall–Kier alpha value is -3.66. The lowest BCUT2D eigenvalue weighted by molar-refractivity contribution is 0.0707. The van der Waals surface area contributed by atoms with E-state index in [9.17, 15) is 19.5 Å². The van der Waals surface area contributed by atoms with Gasteiger partial charge in [0, 0.05) is 29.5 Å². The van der Waals surface area contributed by atoms with Crippen LogP contribution in [-0.4, -0.2) is 43.5 Å². The third-order valence-electron chi connectivity index (χ3n) is 7.21. The van der Waals surface area contributed by atoms with Gasteiger partial charge in [-0.1, -0.05) is 35.9 Å². The fourth-order valence-corrected chi connectivity index (χ4v) is 5.53. The Labute approximate surface area is 257 Å².